The van der Waals surface area contributed by atoms with Gasteiger partial charge in [0.25, 0.3) is 0 Å². The second kappa shape index (κ2) is 8.34. The number of nitrogens with one attached hydrogen (secondary N) is 1. The van der Waals surface area contributed by atoms with E-state index in [9.17, 15) is 10.1 Å². The molecule has 1 aromatic carbocycles. The van der Waals surface area contributed by atoms with Crippen molar-refractivity contribution in [3.63, 3.8) is 0 Å². The third-order valence-corrected chi connectivity index (χ3v) is 3.86. The number of ether oxygens (including phenoxy) is 1. The number of anilines is 1. The first-order chi connectivity index (χ1) is 14.1. The number of aromatic nitrogens is 3. The number of nitriles is 3. The Labute approximate surface area is 165 Å². The standard InChI is InChI=1S/C20H13N7O2/c1-2-29-20(28)16-9-19-24-7-6-18(27(19)26-16)13-4-3-5-15(8-13)25-17(12-23)14(10-21)11-22/h3-9,25H,2H2,1H3. The van der Waals surface area contributed by atoms with Crippen LogP contribution in [0.4, 0.5) is 5.69 Å². The second-order valence-corrected chi connectivity index (χ2v) is 5.64. The van der Waals surface area contributed by atoms with Gasteiger partial charge < -0.3 is 10.1 Å². The van der Waals surface area contributed by atoms with Gasteiger partial charge >= 0.3 is 5.97 Å². The molecule has 0 unspecified atom stereocenters. The monoisotopic (exact) mass is 383 g/mol. The molecule has 2 aromatic heterocycles. The molecule has 0 bridgehead atoms. The van der Waals surface area contributed by atoms with E-state index in [1.54, 1.807) is 49.5 Å². The number of fused-ring (bicyclic) bond motifs is 1. The number of carbonyl (C=O) groups excluding carboxylic acids is 1. The fourth-order valence-electron chi connectivity index (χ4n) is 2.60. The number of benzene rings is 1. The average molecular weight is 383 g/mol. The fraction of sp³-hybridized carbons (Fsp3) is 0.100. The molecule has 140 valence electrons. The van der Waals surface area contributed by atoms with E-state index in [1.165, 1.54) is 10.6 Å². The third kappa shape index (κ3) is 3.87. The lowest BCUT2D eigenvalue weighted by Gasteiger charge is -2.08. The summed E-state index contributed by atoms with van der Waals surface area (Å²) in [5.74, 6) is -0.538. The molecule has 9 heteroatoms. The molecule has 0 aliphatic heterocycles. The largest absolute Gasteiger partial charge is 0.461 e. The normalized spacial score (nSPS) is 9.72. The van der Waals surface area contributed by atoms with E-state index in [4.69, 9.17) is 15.3 Å². The minimum atomic E-state index is -0.538. The molecule has 0 aliphatic rings. The fourth-order valence-corrected chi connectivity index (χ4v) is 2.60. The maximum atomic E-state index is 12.0. The van der Waals surface area contributed by atoms with Gasteiger partial charge in [0.1, 0.15) is 23.9 Å². The van der Waals surface area contributed by atoms with Gasteiger partial charge in [0.2, 0.25) is 0 Å². The van der Waals surface area contributed by atoms with Crippen molar-refractivity contribution < 1.29 is 9.53 Å². The van der Waals surface area contributed by atoms with Crippen molar-refractivity contribution in [2.75, 3.05) is 11.9 Å². The molecule has 0 radical (unpaired) electrons. The molecule has 0 spiro atoms. The van der Waals surface area contributed by atoms with Crippen LogP contribution in [0.2, 0.25) is 0 Å². The van der Waals surface area contributed by atoms with Crippen molar-refractivity contribution >= 4 is 17.3 Å². The van der Waals surface area contributed by atoms with Crippen LogP contribution in [0.1, 0.15) is 17.4 Å². The zero-order valence-electron chi connectivity index (χ0n) is 15.2. The molecule has 3 aromatic rings. The first kappa shape index (κ1) is 19.1. The smallest absolute Gasteiger partial charge is 0.358 e. The number of carbonyl (C=O) groups is 1. The SMILES string of the molecule is CCOC(=O)c1cc2nccc(-c3cccc(NC(C#N)=C(C#N)C#N)c3)n2n1. The van der Waals surface area contributed by atoms with E-state index in [0.29, 0.717) is 22.6 Å². The van der Waals surface area contributed by atoms with Crippen LogP contribution in [0, 0.1) is 34.0 Å². The lowest BCUT2D eigenvalue weighted by Crippen LogP contribution is -2.06. The van der Waals surface area contributed by atoms with Crippen molar-refractivity contribution in [1.29, 1.82) is 15.8 Å². The van der Waals surface area contributed by atoms with Crippen LogP contribution >= 0.6 is 0 Å². The lowest BCUT2D eigenvalue weighted by atomic mass is 10.1. The van der Waals surface area contributed by atoms with Crippen LogP contribution in [0.3, 0.4) is 0 Å². The molecule has 2 heterocycles. The molecular formula is C20H13N7O2. The van der Waals surface area contributed by atoms with E-state index >= 15 is 0 Å². The Morgan fingerprint density at radius 2 is 1.97 bits per heavy atom. The van der Waals surface area contributed by atoms with Crippen LogP contribution in [0.25, 0.3) is 16.9 Å². The van der Waals surface area contributed by atoms with Crippen LogP contribution < -0.4 is 5.32 Å². The maximum absolute atomic E-state index is 12.0. The van der Waals surface area contributed by atoms with Crippen molar-refractivity contribution in [2.45, 2.75) is 6.92 Å². The van der Waals surface area contributed by atoms with Gasteiger partial charge in [-0.1, -0.05) is 12.1 Å². The highest BCUT2D eigenvalue weighted by Gasteiger charge is 2.15. The molecule has 0 saturated carbocycles. The Bertz CT molecular complexity index is 1240. The van der Waals surface area contributed by atoms with E-state index in [0.717, 1.165) is 0 Å². The summed E-state index contributed by atoms with van der Waals surface area (Å²) < 4.78 is 6.50. The zero-order chi connectivity index (χ0) is 20.8. The Balaban J connectivity index is 2.04. The highest BCUT2D eigenvalue weighted by Crippen LogP contribution is 2.24. The molecule has 0 aliphatic carbocycles. The highest BCUT2D eigenvalue weighted by atomic mass is 16.5. The second-order valence-electron chi connectivity index (χ2n) is 5.64. The summed E-state index contributed by atoms with van der Waals surface area (Å²) in [6, 6.07) is 15.4. The quantitative estimate of drug-likeness (QED) is 0.524. The van der Waals surface area contributed by atoms with Gasteiger partial charge in [-0.15, -0.1) is 0 Å². The molecule has 0 fully saturated rings. The summed E-state index contributed by atoms with van der Waals surface area (Å²) in [6.45, 7) is 1.95. The van der Waals surface area contributed by atoms with Crippen LogP contribution in [-0.2, 0) is 4.74 Å². The number of esters is 1. The average Bonchev–Trinajstić information content (AvgIpc) is 3.19. The van der Waals surface area contributed by atoms with E-state index in [2.05, 4.69) is 15.4 Å². The topological polar surface area (TPSA) is 140 Å². The van der Waals surface area contributed by atoms with Crippen LogP contribution in [0.15, 0.2) is 53.9 Å². The van der Waals surface area contributed by atoms with Gasteiger partial charge in [-0.2, -0.15) is 20.9 Å². The summed E-state index contributed by atoms with van der Waals surface area (Å²) in [5.41, 5.74) is 2.03. The van der Waals surface area contributed by atoms with Gasteiger partial charge in [0.15, 0.2) is 16.9 Å². The molecular weight excluding hydrogens is 370 g/mol. The highest BCUT2D eigenvalue weighted by molar-refractivity contribution is 5.88. The Morgan fingerprint density at radius 3 is 2.66 bits per heavy atom. The van der Waals surface area contributed by atoms with Crippen LogP contribution in [0.5, 0.6) is 0 Å². The summed E-state index contributed by atoms with van der Waals surface area (Å²) in [7, 11) is 0. The number of nitrogens with zero attached hydrogens (tertiary/aromatic N) is 6. The van der Waals surface area contributed by atoms with Gasteiger partial charge in [-0.3, -0.25) is 0 Å². The molecule has 3 rings (SSSR count). The predicted octanol–water partition coefficient (Wildman–Crippen LogP) is 2.81. The van der Waals surface area contributed by atoms with Gasteiger partial charge in [-0.05, 0) is 25.1 Å². The minimum Gasteiger partial charge on any atom is -0.461 e. The molecule has 1 N–H and O–H groups in total. The number of hydrogen-bond donors (Lipinski definition) is 1. The van der Waals surface area contributed by atoms with E-state index < -0.39 is 5.97 Å². The molecule has 0 amide bonds. The lowest BCUT2D eigenvalue weighted by molar-refractivity contribution is 0.0519. The van der Waals surface area contributed by atoms with Crippen molar-refractivity contribution in [2.24, 2.45) is 0 Å². The number of rotatable bonds is 5. The molecule has 9 nitrogen and oxygen atoms in total. The molecule has 29 heavy (non-hydrogen) atoms. The van der Waals surface area contributed by atoms with Crippen molar-refractivity contribution in [1.82, 2.24) is 14.6 Å². The summed E-state index contributed by atoms with van der Waals surface area (Å²) in [5, 5.41) is 34.2. The Kier molecular flexibility index (Phi) is 5.49. The number of allylic oxidation sites excluding steroid dienone is 2. The van der Waals surface area contributed by atoms with Gasteiger partial charge in [-0.25, -0.2) is 14.3 Å². The van der Waals surface area contributed by atoms with Gasteiger partial charge in [0.05, 0.1) is 12.3 Å². The zero-order valence-corrected chi connectivity index (χ0v) is 15.2. The summed E-state index contributed by atoms with van der Waals surface area (Å²) in [6.07, 6.45) is 1.59. The van der Waals surface area contributed by atoms with Gasteiger partial charge in [0, 0.05) is 23.5 Å². The predicted molar refractivity (Wildman–Crippen MR) is 102 cm³/mol. The summed E-state index contributed by atoms with van der Waals surface area (Å²) >= 11 is 0. The van der Waals surface area contributed by atoms with Crippen molar-refractivity contribution in [3.8, 4) is 29.5 Å². The molecule has 0 saturated heterocycles. The third-order valence-electron chi connectivity index (χ3n) is 3.86. The first-order valence-corrected chi connectivity index (χ1v) is 8.45. The number of hydrogen-bond acceptors (Lipinski definition) is 8. The Morgan fingerprint density at radius 1 is 1.17 bits per heavy atom. The summed E-state index contributed by atoms with van der Waals surface area (Å²) in [4.78, 5) is 16.2. The Hall–Kier alpha value is -4.68. The minimum absolute atomic E-state index is 0.142. The molecule has 0 atom stereocenters. The first-order valence-electron chi connectivity index (χ1n) is 8.45. The maximum Gasteiger partial charge on any atom is 0.358 e. The van der Waals surface area contributed by atoms with E-state index in [1.807, 2.05) is 12.1 Å². The van der Waals surface area contributed by atoms with E-state index in [-0.39, 0.29) is 23.6 Å². The van der Waals surface area contributed by atoms with Crippen molar-refractivity contribution in [3.05, 3.63) is 59.6 Å². The van der Waals surface area contributed by atoms with Crippen LogP contribution in [-0.4, -0.2) is 27.2 Å².